The van der Waals surface area contributed by atoms with E-state index in [1.807, 2.05) is 4.90 Å². The van der Waals surface area contributed by atoms with Gasteiger partial charge in [-0.25, -0.2) is 0 Å². The van der Waals surface area contributed by atoms with Gasteiger partial charge in [-0.2, -0.15) is 0 Å². The third-order valence-electron chi connectivity index (χ3n) is 7.26. The maximum Gasteiger partial charge on any atom is 0.261 e. The number of carbonyl (C=O) groups is 4. The minimum Gasteiger partial charge on any atom is -0.483 e. The highest BCUT2D eigenvalue weighted by molar-refractivity contribution is 6.05. The lowest BCUT2D eigenvalue weighted by Crippen LogP contribution is -2.57. The second-order valence-electron chi connectivity index (χ2n) is 9.12. The fourth-order valence-corrected chi connectivity index (χ4v) is 5.57. The number of amides is 4. The lowest BCUT2D eigenvalue weighted by Gasteiger charge is -2.44. The van der Waals surface area contributed by atoms with Crippen LogP contribution in [0.25, 0.3) is 0 Å². The Balaban J connectivity index is 1.29. The van der Waals surface area contributed by atoms with Crippen LogP contribution in [0.5, 0.6) is 5.75 Å². The normalized spacial score (nSPS) is 27.6. The molecule has 5 rings (SSSR count). The summed E-state index contributed by atoms with van der Waals surface area (Å²) in [4.78, 5) is 53.3. The molecule has 0 saturated carbocycles. The van der Waals surface area contributed by atoms with Gasteiger partial charge in [0.25, 0.3) is 11.8 Å². The molecular weight excluding hydrogens is 412 g/mol. The van der Waals surface area contributed by atoms with Gasteiger partial charge in [0.2, 0.25) is 11.8 Å². The number of imide groups is 1. The summed E-state index contributed by atoms with van der Waals surface area (Å²) in [6.45, 7) is 2.65. The first-order valence-electron chi connectivity index (χ1n) is 11.4. The molecule has 4 heterocycles. The molecule has 170 valence electrons. The molecule has 0 radical (unpaired) electrons. The van der Waals surface area contributed by atoms with Gasteiger partial charge >= 0.3 is 0 Å². The highest BCUT2D eigenvalue weighted by Gasteiger charge is 2.44. The largest absolute Gasteiger partial charge is 0.483 e. The van der Waals surface area contributed by atoms with Crippen molar-refractivity contribution in [1.29, 1.82) is 0 Å². The first-order valence-corrected chi connectivity index (χ1v) is 11.4. The number of likely N-dealkylation sites (tertiary alicyclic amines) is 1. The number of nitrogens with zero attached hydrogens (tertiary/aromatic N) is 2. The van der Waals surface area contributed by atoms with Gasteiger partial charge in [-0.15, -0.1) is 0 Å². The van der Waals surface area contributed by atoms with Gasteiger partial charge in [-0.1, -0.05) is 6.07 Å². The second-order valence-corrected chi connectivity index (χ2v) is 9.12. The first-order chi connectivity index (χ1) is 15.5. The van der Waals surface area contributed by atoms with E-state index >= 15 is 0 Å². The summed E-state index contributed by atoms with van der Waals surface area (Å²) in [5.74, 6) is -0.545. The van der Waals surface area contributed by atoms with Crippen LogP contribution < -0.4 is 15.4 Å². The Labute approximate surface area is 186 Å². The van der Waals surface area contributed by atoms with Crippen molar-refractivity contribution in [2.75, 3.05) is 26.2 Å². The molecule has 2 unspecified atom stereocenters. The summed E-state index contributed by atoms with van der Waals surface area (Å²) in [5.41, 5.74) is 1.07. The Morgan fingerprint density at radius 3 is 2.84 bits per heavy atom. The summed E-state index contributed by atoms with van der Waals surface area (Å²) < 4.78 is 5.95. The summed E-state index contributed by atoms with van der Waals surface area (Å²) in [6, 6.07) is 4.52. The van der Waals surface area contributed by atoms with Gasteiger partial charge < -0.3 is 19.9 Å². The van der Waals surface area contributed by atoms with Crippen LogP contribution in [0.4, 0.5) is 0 Å². The zero-order valence-corrected chi connectivity index (χ0v) is 18.0. The Hall–Kier alpha value is -2.94. The summed E-state index contributed by atoms with van der Waals surface area (Å²) in [6.07, 6.45) is 4.64. The van der Waals surface area contributed by atoms with Gasteiger partial charge in [-0.3, -0.25) is 24.5 Å². The topological polar surface area (TPSA) is 108 Å². The molecule has 32 heavy (non-hydrogen) atoms. The van der Waals surface area contributed by atoms with Crippen molar-refractivity contribution in [1.82, 2.24) is 20.4 Å². The molecule has 2 atom stereocenters. The van der Waals surface area contributed by atoms with Crippen molar-refractivity contribution in [2.24, 2.45) is 0 Å². The SMILES string of the molecule is O=C1CCC(N2Cc3c(OCC(=O)N4CCCCC45CCNC5)cccc3C2=O)C(=O)N1. The number of benzene rings is 1. The minimum absolute atomic E-state index is 0.0302. The van der Waals surface area contributed by atoms with E-state index in [4.69, 9.17) is 4.74 Å². The van der Waals surface area contributed by atoms with Crippen LogP contribution in [0.1, 0.15) is 54.4 Å². The van der Waals surface area contributed by atoms with E-state index in [0.717, 1.165) is 45.3 Å². The average molecular weight is 441 g/mol. The highest BCUT2D eigenvalue weighted by Crippen LogP contribution is 2.35. The Kier molecular flexibility index (Phi) is 5.36. The third-order valence-corrected chi connectivity index (χ3v) is 7.26. The van der Waals surface area contributed by atoms with Gasteiger partial charge in [0.15, 0.2) is 6.61 Å². The molecule has 4 aliphatic rings. The van der Waals surface area contributed by atoms with E-state index < -0.39 is 11.9 Å². The molecule has 3 saturated heterocycles. The second kappa shape index (κ2) is 8.20. The highest BCUT2D eigenvalue weighted by atomic mass is 16.5. The predicted octanol–water partition coefficient (Wildman–Crippen LogP) is 0.571. The summed E-state index contributed by atoms with van der Waals surface area (Å²) >= 11 is 0. The molecule has 2 N–H and O–H groups in total. The number of ether oxygens (including phenoxy) is 1. The lowest BCUT2D eigenvalue weighted by atomic mass is 9.85. The van der Waals surface area contributed by atoms with Crippen LogP contribution in [-0.2, 0) is 20.9 Å². The van der Waals surface area contributed by atoms with Crippen LogP contribution in [0.2, 0.25) is 0 Å². The van der Waals surface area contributed by atoms with Gasteiger partial charge in [0.1, 0.15) is 11.8 Å². The van der Waals surface area contributed by atoms with E-state index in [-0.39, 0.29) is 42.8 Å². The molecule has 1 aromatic rings. The van der Waals surface area contributed by atoms with Crippen molar-refractivity contribution >= 4 is 23.6 Å². The monoisotopic (exact) mass is 440 g/mol. The molecule has 3 fully saturated rings. The molecule has 1 spiro atoms. The van der Waals surface area contributed by atoms with E-state index in [0.29, 0.717) is 23.3 Å². The lowest BCUT2D eigenvalue weighted by molar-refractivity contribution is -0.141. The quantitative estimate of drug-likeness (QED) is 0.663. The summed E-state index contributed by atoms with van der Waals surface area (Å²) in [5, 5.41) is 5.70. The molecule has 4 amide bonds. The number of fused-ring (bicyclic) bond motifs is 1. The molecule has 4 aliphatic heterocycles. The van der Waals surface area contributed by atoms with Crippen molar-refractivity contribution in [3.05, 3.63) is 29.3 Å². The number of carbonyl (C=O) groups excluding carboxylic acids is 4. The molecule has 9 nitrogen and oxygen atoms in total. The Morgan fingerprint density at radius 2 is 2.06 bits per heavy atom. The van der Waals surface area contributed by atoms with Crippen LogP contribution in [-0.4, -0.2) is 71.3 Å². The molecule has 0 aliphatic carbocycles. The number of hydrogen-bond acceptors (Lipinski definition) is 6. The van der Waals surface area contributed by atoms with Crippen LogP contribution in [0.15, 0.2) is 18.2 Å². The average Bonchev–Trinajstić information content (AvgIpc) is 3.38. The van der Waals surface area contributed by atoms with Gasteiger partial charge in [0.05, 0.1) is 12.1 Å². The van der Waals surface area contributed by atoms with E-state index in [1.54, 1.807) is 18.2 Å². The van der Waals surface area contributed by atoms with Gasteiger partial charge in [-0.05, 0) is 50.8 Å². The Bertz CT molecular complexity index is 971. The Morgan fingerprint density at radius 1 is 1.19 bits per heavy atom. The zero-order valence-electron chi connectivity index (χ0n) is 18.0. The molecule has 9 heteroatoms. The van der Waals surface area contributed by atoms with Crippen molar-refractivity contribution in [3.63, 3.8) is 0 Å². The maximum absolute atomic E-state index is 13.1. The fraction of sp³-hybridized carbons (Fsp3) is 0.565. The predicted molar refractivity (Wildman–Crippen MR) is 114 cm³/mol. The number of hydrogen-bond donors (Lipinski definition) is 2. The summed E-state index contributed by atoms with van der Waals surface area (Å²) in [7, 11) is 0. The van der Waals surface area contributed by atoms with Crippen molar-refractivity contribution in [3.8, 4) is 5.75 Å². The van der Waals surface area contributed by atoms with Crippen molar-refractivity contribution in [2.45, 2.75) is 56.7 Å². The van der Waals surface area contributed by atoms with Gasteiger partial charge in [0, 0.05) is 30.6 Å². The van der Waals surface area contributed by atoms with E-state index in [1.165, 1.54) is 4.90 Å². The zero-order chi connectivity index (χ0) is 22.3. The van der Waals surface area contributed by atoms with Crippen LogP contribution in [0.3, 0.4) is 0 Å². The molecule has 0 bridgehead atoms. The standard InChI is InChI=1S/C23H28N4O5/c28-19-7-6-17(21(30)25-19)26-12-16-15(22(26)31)4-3-5-18(16)32-13-20(29)27-11-2-1-8-23(27)9-10-24-14-23/h3-5,17,24H,1-2,6-14H2,(H,25,28,30). The smallest absolute Gasteiger partial charge is 0.261 e. The van der Waals surface area contributed by atoms with Crippen molar-refractivity contribution < 1.29 is 23.9 Å². The number of piperidine rings is 2. The van der Waals surface area contributed by atoms with Crippen LogP contribution in [0, 0.1) is 0 Å². The molecular formula is C23H28N4O5. The number of rotatable bonds is 4. The van der Waals surface area contributed by atoms with Crippen LogP contribution >= 0.6 is 0 Å². The van der Waals surface area contributed by atoms with E-state index in [2.05, 4.69) is 10.6 Å². The fourth-order valence-electron chi connectivity index (χ4n) is 5.57. The molecule has 0 aromatic heterocycles. The first kappa shape index (κ1) is 20.9. The minimum atomic E-state index is -0.676. The van der Waals surface area contributed by atoms with E-state index in [9.17, 15) is 19.2 Å². The maximum atomic E-state index is 13.1. The third kappa shape index (κ3) is 3.54. The molecule has 1 aromatic carbocycles. The number of nitrogens with one attached hydrogen (secondary N) is 2.